The number of hydrogen-bond acceptors (Lipinski definition) is 4. The molecule has 4 nitrogen and oxygen atoms in total. The molecule has 1 aromatic carbocycles. The average Bonchev–Trinajstić information content (AvgIpc) is 2.76. The Morgan fingerprint density at radius 1 is 0.968 bits per heavy atom. The Bertz CT molecular complexity index is 902. The van der Waals surface area contributed by atoms with Crippen molar-refractivity contribution in [1.82, 2.24) is 4.90 Å². The van der Waals surface area contributed by atoms with Crippen molar-refractivity contribution < 1.29 is 14.3 Å². The van der Waals surface area contributed by atoms with E-state index >= 15 is 0 Å². The van der Waals surface area contributed by atoms with E-state index in [-0.39, 0.29) is 17.5 Å². The number of rotatable bonds is 7. The molecule has 166 valence electrons. The quantitative estimate of drug-likeness (QED) is 0.463. The second kappa shape index (κ2) is 9.60. The third-order valence-corrected chi connectivity index (χ3v) is 7.02. The van der Waals surface area contributed by atoms with E-state index in [0.717, 1.165) is 72.4 Å². The van der Waals surface area contributed by atoms with Gasteiger partial charge < -0.3 is 9.64 Å². The van der Waals surface area contributed by atoms with Gasteiger partial charge in [0.2, 0.25) is 0 Å². The molecule has 0 atom stereocenters. The lowest BCUT2D eigenvalue weighted by Gasteiger charge is -2.42. The zero-order chi connectivity index (χ0) is 22.0. The van der Waals surface area contributed by atoms with Gasteiger partial charge >= 0.3 is 0 Å². The number of nitrogens with zero attached hydrogens (tertiary/aromatic N) is 1. The van der Waals surface area contributed by atoms with Gasteiger partial charge in [-0.3, -0.25) is 9.59 Å². The molecule has 0 spiro atoms. The van der Waals surface area contributed by atoms with Crippen LogP contribution >= 0.6 is 11.6 Å². The van der Waals surface area contributed by atoms with Crippen molar-refractivity contribution in [2.75, 3.05) is 13.7 Å². The summed E-state index contributed by atoms with van der Waals surface area (Å²) < 4.78 is 6.21. The van der Waals surface area contributed by atoms with Crippen molar-refractivity contribution in [2.24, 2.45) is 0 Å². The highest BCUT2D eigenvalue weighted by Gasteiger charge is 2.43. The fourth-order valence-electron chi connectivity index (χ4n) is 5.25. The first-order valence-corrected chi connectivity index (χ1v) is 12.1. The van der Waals surface area contributed by atoms with E-state index < -0.39 is 0 Å². The summed E-state index contributed by atoms with van der Waals surface area (Å²) in [5.74, 6) is 0.672. The lowest BCUT2D eigenvalue weighted by atomic mass is 9.71. The van der Waals surface area contributed by atoms with E-state index in [9.17, 15) is 9.59 Å². The molecule has 0 radical (unpaired) electrons. The molecule has 0 aromatic heterocycles. The number of carbonyl (C=O) groups excluding carboxylic acids is 2. The number of carbonyl (C=O) groups is 2. The maximum Gasteiger partial charge on any atom is 0.161 e. The summed E-state index contributed by atoms with van der Waals surface area (Å²) in [4.78, 5) is 28.5. The molecule has 5 heteroatoms. The van der Waals surface area contributed by atoms with Crippen LogP contribution in [-0.4, -0.2) is 30.1 Å². The van der Waals surface area contributed by atoms with Gasteiger partial charge in [-0.2, -0.15) is 0 Å². The van der Waals surface area contributed by atoms with Crippen LogP contribution in [0.15, 0.2) is 40.7 Å². The SMILES string of the molecule is CCCCCCOc1ccc(Cl)cc1C1C2=C(CCCC2=O)N(C)C2=C1C(=O)CCC2. The van der Waals surface area contributed by atoms with E-state index in [2.05, 4.69) is 11.8 Å². The summed E-state index contributed by atoms with van der Waals surface area (Å²) in [5, 5.41) is 0.600. The van der Waals surface area contributed by atoms with Gasteiger partial charge in [0.1, 0.15) is 5.75 Å². The molecule has 1 aliphatic heterocycles. The normalized spacial score (nSPS) is 19.6. The maximum absolute atomic E-state index is 13.2. The summed E-state index contributed by atoms with van der Waals surface area (Å²) in [5.41, 5.74) is 4.57. The Kier molecular flexibility index (Phi) is 6.86. The summed E-state index contributed by atoms with van der Waals surface area (Å²) in [6, 6.07) is 5.63. The largest absolute Gasteiger partial charge is 0.493 e. The van der Waals surface area contributed by atoms with E-state index in [1.54, 1.807) is 0 Å². The first-order chi connectivity index (χ1) is 15.0. The number of unbranched alkanes of at least 4 members (excludes halogenated alkanes) is 3. The van der Waals surface area contributed by atoms with Crippen molar-refractivity contribution in [3.05, 3.63) is 51.3 Å². The van der Waals surface area contributed by atoms with Crippen molar-refractivity contribution in [3.8, 4) is 5.75 Å². The molecule has 2 aliphatic carbocycles. The minimum absolute atomic E-state index is 0.150. The second-order valence-electron chi connectivity index (χ2n) is 8.86. The monoisotopic (exact) mass is 441 g/mol. The second-order valence-corrected chi connectivity index (χ2v) is 9.29. The lowest BCUT2D eigenvalue weighted by molar-refractivity contribution is -0.117. The van der Waals surface area contributed by atoms with Crippen LogP contribution in [0.4, 0.5) is 0 Å². The number of allylic oxidation sites excluding steroid dienone is 4. The predicted octanol–water partition coefficient (Wildman–Crippen LogP) is 6.34. The first kappa shape index (κ1) is 22.1. The van der Waals surface area contributed by atoms with Crippen LogP contribution in [0.1, 0.15) is 82.6 Å². The lowest BCUT2D eigenvalue weighted by Crippen LogP contribution is -2.37. The minimum atomic E-state index is -0.369. The number of Topliss-reactive ketones (excluding diaryl/α,β-unsaturated/α-hetero) is 2. The van der Waals surface area contributed by atoms with Crippen LogP contribution < -0.4 is 4.74 Å². The number of benzene rings is 1. The van der Waals surface area contributed by atoms with Crippen molar-refractivity contribution in [2.45, 2.75) is 77.0 Å². The molecule has 0 bridgehead atoms. The molecule has 0 amide bonds. The Labute approximate surface area is 190 Å². The fraction of sp³-hybridized carbons (Fsp3) is 0.538. The summed E-state index contributed by atoms with van der Waals surface area (Å²) in [7, 11) is 2.02. The zero-order valence-electron chi connectivity index (χ0n) is 18.6. The van der Waals surface area contributed by atoms with Gasteiger partial charge in [-0.25, -0.2) is 0 Å². The Morgan fingerprint density at radius 3 is 2.23 bits per heavy atom. The fourth-order valence-corrected chi connectivity index (χ4v) is 5.43. The van der Waals surface area contributed by atoms with Crippen LogP contribution in [0.3, 0.4) is 0 Å². The molecule has 1 heterocycles. The van der Waals surface area contributed by atoms with Gasteiger partial charge in [-0.1, -0.05) is 37.8 Å². The van der Waals surface area contributed by atoms with E-state index in [1.165, 1.54) is 12.8 Å². The first-order valence-electron chi connectivity index (χ1n) is 11.7. The van der Waals surface area contributed by atoms with Gasteiger partial charge in [-0.05, 0) is 50.3 Å². The molecule has 0 fully saturated rings. The molecule has 0 saturated heterocycles. The van der Waals surface area contributed by atoms with Crippen LogP contribution in [0.2, 0.25) is 5.02 Å². The zero-order valence-corrected chi connectivity index (χ0v) is 19.4. The third-order valence-electron chi connectivity index (χ3n) is 6.78. The van der Waals surface area contributed by atoms with Crippen LogP contribution in [0.25, 0.3) is 0 Å². The molecule has 0 saturated carbocycles. The van der Waals surface area contributed by atoms with Crippen LogP contribution in [-0.2, 0) is 9.59 Å². The smallest absolute Gasteiger partial charge is 0.161 e. The maximum atomic E-state index is 13.2. The highest BCUT2D eigenvalue weighted by atomic mass is 35.5. The third kappa shape index (κ3) is 4.32. The van der Waals surface area contributed by atoms with E-state index in [4.69, 9.17) is 16.3 Å². The Hall–Kier alpha value is -2.07. The molecule has 4 rings (SSSR count). The molecule has 0 unspecified atom stereocenters. The van der Waals surface area contributed by atoms with Crippen LogP contribution in [0.5, 0.6) is 5.75 Å². The molecule has 31 heavy (non-hydrogen) atoms. The van der Waals surface area contributed by atoms with Gasteiger partial charge in [0.15, 0.2) is 11.6 Å². The molecule has 3 aliphatic rings. The Morgan fingerprint density at radius 2 is 1.61 bits per heavy atom. The topological polar surface area (TPSA) is 46.6 Å². The molecule has 0 N–H and O–H groups in total. The Balaban J connectivity index is 1.79. The summed E-state index contributed by atoms with van der Waals surface area (Å²) in [6.45, 7) is 2.82. The highest BCUT2D eigenvalue weighted by molar-refractivity contribution is 6.30. The van der Waals surface area contributed by atoms with E-state index in [1.807, 2.05) is 25.2 Å². The van der Waals surface area contributed by atoms with Gasteiger partial charge in [0.05, 0.1) is 6.61 Å². The van der Waals surface area contributed by atoms with E-state index in [0.29, 0.717) is 24.5 Å². The summed E-state index contributed by atoms with van der Waals surface area (Å²) >= 11 is 6.42. The number of ketones is 2. The number of hydrogen-bond donors (Lipinski definition) is 0. The highest BCUT2D eigenvalue weighted by Crippen LogP contribution is 2.50. The van der Waals surface area contributed by atoms with Crippen molar-refractivity contribution in [3.63, 3.8) is 0 Å². The summed E-state index contributed by atoms with van der Waals surface area (Å²) in [6.07, 6.45) is 9.03. The average molecular weight is 442 g/mol. The molecular formula is C26H32ClNO3. The van der Waals surface area contributed by atoms with Crippen molar-refractivity contribution in [1.29, 1.82) is 0 Å². The van der Waals surface area contributed by atoms with Crippen molar-refractivity contribution >= 4 is 23.2 Å². The van der Waals surface area contributed by atoms with Gasteiger partial charge in [-0.15, -0.1) is 0 Å². The molecule has 1 aromatic rings. The molecular weight excluding hydrogens is 410 g/mol. The van der Waals surface area contributed by atoms with Gasteiger partial charge in [0.25, 0.3) is 0 Å². The number of ether oxygens (including phenoxy) is 1. The van der Waals surface area contributed by atoms with Crippen LogP contribution in [0, 0.1) is 0 Å². The van der Waals surface area contributed by atoms with Gasteiger partial charge in [0, 0.05) is 58.9 Å². The standard InChI is InChI=1S/C26H32ClNO3/c1-3-4-5-6-15-31-23-14-13-17(27)16-18(23)24-25-19(9-7-11-21(25)29)28(2)20-10-8-12-22(30)26(20)24/h13-14,16,24H,3-12,15H2,1-2H3. The number of halogens is 1. The minimum Gasteiger partial charge on any atom is -0.493 e. The predicted molar refractivity (Wildman–Crippen MR) is 123 cm³/mol.